The third-order valence-corrected chi connectivity index (χ3v) is 3.78. The summed E-state index contributed by atoms with van der Waals surface area (Å²) < 4.78 is 5.36. The molecule has 0 saturated carbocycles. The minimum Gasteiger partial charge on any atom is -0.379 e. The van der Waals surface area contributed by atoms with Gasteiger partial charge in [-0.25, -0.2) is 4.98 Å². The Balaban J connectivity index is 1.43. The molecule has 0 atom stereocenters. The fourth-order valence-corrected chi connectivity index (χ4v) is 2.63. The first-order valence-electron chi connectivity index (χ1n) is 7.14. The van der Waals surface area contributed by atoms with Crippen molar-refractivity contribution in [2.24, 2.45) is 0 Å². The van der Waals surface area contributed by atoms with E-state index >= 15 is 0 Å². The van der Waals surface area contributed by atoms with E-state index in [2.05, 4.69) is 33.1 Å². The number of aromatic nitrogens is 2. The molecule has 3 rings (SSSR count). The maximum atomic E-state index is 5.36. The van der Waals surface area contributed by atoms with Crippen LogP contribution in [0.4, 0.5) is 0 Å². The number of morpholine rings is 1. The van der Waals surface area contributed by atoms with E-state index < -0.39 is 0 Å². The van der Waals surface area contributed by atoms with Crippen LogP contribution in [0.5, 0.6) is 0 Å². The largest absolute Gasteiger partial charge is 0.379 e. The number of hydrogen-bond donors (Lipinski definition) is 1. The molecule has 1 saturated heterocycles. The number of hydrogen-bond acceptors (Lipinski definition) is 3. The minimum atomic E-state index is 0.899. The molecular formula is C15H21N3O. The zero-order chi connectivity index (χ0) is 12.9. The van der Waals surface area contributed by atoms with Crippen molar-refractivity contribution in [3.63, 3.8) is 0 Å². The van der Waals surface area contributed by atoms with Crippen molar-refractivity contribution >= 4 is 11.0 Å². The number of imidazole rings is 1. The van der Waals surface area contributed by atoms with Crippen molar-refractivity contribution in [1.82, 2.24) is 14.9 Å². The number of benzene rings is 1. The monoisotopic (exact) mass is 259 g/mol. The summed E-state index contributed by atoms with van der Waals surface area (Å²) in [5.74, 6) is 0. The van der Waals surface area contributed by atoms with Crippen LogP contribution in [0.2, 0.25) is 0 Å². The average Bonchev–Trinajstić information content (AvgIpc) is 2.92. The van der Waals surface area contributed by atoms with Crippen LogP contribution in [-0.2, 0) is 11.2 Å². The van der Waals surface area contributed by atoms with Crippen LogP contribution in [0.25, 0.3) is 11.0 Å². The fourth-order valence-electron chi connectivity index (χ4n) is 2.63. The number of H-pyrrole nitrogens is 1. The Bertz CT molecular complexity index is 517. The van der Waals surface area contributed by atoms with Gasteiger partial charge in [0, 0.05) is 13.1 Å². The highest BCUT2D eigenvalue weighted by Gasteiger charge is 2.09. The molecule has 1 aromatic carbocycles. The Labute approximate surface area is 113 Å². The topological polar surface area (TPSA) is 41.2 Å². The van der Waals surface area contributed by atoms with E-state index in [9.17, 15) is 0 Å². The maximum absolute atomic E-state index is 5.36. The van der Waals surface area contributed by atoms with Crippen LogP contribution in [0.15, 0.2) is 24.5 Å². The van der Waals surface area contributed by atoms with Crippen molar-refractivity contribution in [3.05, 3.63) is 30.1 Å². The molecule has 102 valence electrons. The van der Waals surface area contributed by atoms with E-state index in [0.717, 1.165) is 43.8 Å². The van der Waals surface area contributed by atoms with Gasteiger partial charge in [0.2, 0.25) is 0 Å². The zero-order valence-electron chi connectivity index (χ0n) is 11.3. The van der Waals surface area contributed by atoms with Gasteiger partial charge in [-0.15, -0.1) is 0 Å². The molecule has 1 N–H and O–H groups in total. The summed E-state index contributed by atoms with van der Waals surface area (Å²) in [6, 6.07) is 6.51. The zero-order valence-corrected chi connectivity index (χ0v) is 11.3. The average molecular weight is 259 g/mol. The molecule has 1 aliphatic rings. The van der Waals surface area contributed by atoms with Gasteiger partial charge < -0.3 is 9.72 Å². The van der Waals surface area contributed by atoms with Gasteiger partial charge in [0.1, 0.15) is 0 Å². The molecule has 19 heavy (non-hydrogen) atoms. The first-order chi connectivity index (χ1) is 9.42. The first kappa shape index (κ1) is 12.6. The number of aryl methyl sites for hydroxylation is 1. The maximum Gasteiger partial charge on any atom is 0.0931 e. The van der Waals surface area contributed by atoms with Crippen molar-refractivity contribution in [3.8, 4) is 0 Å². The first-order valence-corrected chi connectivity index (χ1v) is 7.14. The molecular weight excluding hydrogens is 238 g/mol. The van der Waals surface area contributed by atoms with Gasteiger partial charge in [-0.2, -0.15) is 0 Å². The summed E-state index contributed by atoms with van der Waals surface area (Å²) in [5.41, 5.74) is 3.60. The molecule has 2 heterocycles. The van der Waals surface area contributed by atoms with Crippen LogP contribution in [0.1, 0.15) is 18.4 Å². The number of nitrogens with one attached hydrogen (secondary N) is 1. The Hall–Kier alpha value is -1.39. The number of unbranched alkanes of at least 4 members (excludes halogenated alkanes) is 1. The van der Waals surface area contributed by atoms with Gasteiger partial charge in [-0.1, -0.05) is 6.07 Å². The lowest BCUT2D eigenvalue weighted by Gasteiger charge is -2.26. The van der Waals surface area contributed by atoms with Crippen LogP contribution in [0, 0.1) is 0 Å². The van der Waals surface area contributed by atoms with Crippen LogP contribution < -0.4 is 0 Å². The molecule has 0 unspecified atom stereocenters. The number of fused-ring (bicyclic) bond motifs is 1. The third kappa shape index (κ3) is 3.33. The quantitative estimate of drug-likeness (QED) is 0.837. The summed E-state index contributed by atoms with van der Waals surface area (Å²) in [6.07, 6.45) is 5.42. The third-order valence-electron chi connectivity index (χ3n) is 3.78. The summed E-state index contributed by atoms with van der Waals surface area (Å²) in [7, 11) is 0. The second kappa shape index (κ2) is 6.17. The molecule has 0 spiro atoms. The lowest BCUT2D eigenvalue weighted by molar-refractivity contribution is 0.0372. The summed E-state index contributed by atoms with van der Waals surface area (Å²) >= 11 is 0. The van der Waals surface area contributed by atoms with Crippen molar-refractivity contribution < 1.29 is 4.74 Å². The highest BCUT2D eigenvalue weighted by Crippen LogP contribution is 2.13. The Kier molecular flexibility index (Phi) is 4.10. The second-order valence-electron chi connectivity index (χ2n) is 5.17. The molecule has 1 aliphatic heterocycles. The highest BCUT2D eigenvalue weighted by molar-refractivity contribution is 5.74. The standard InChI is InChI=1S/C15H21N3O/c1(2-6-18-7-9-19-10-8-18)3-13-4-5-14-15(11-13)17-12-16-14/h4-5,11-12H,1-3,6-10H2,(H,16,17). The Morgan fingerprint density at radius 3 is 3.00 bits per heavy atom. The van der Waals surface area contributed by atoms with E-state index in [4.69, 9.17) is 4.74 Å². The molecule has 1 fully saturated rings. The molecule has 0 bridgehead atoms. The smallest absolute Gasteiger partial charge is 0.0931 e. The predicted octanol–water partition coefficient (Wildman–Crippen LogP) is 2.22. The van der Waals surface area contributed by atoms with Gasteiger partial charge in [-0.3, -0.25) is 4.90 Å². The van der Waals surface area contributed by atoms with E-state index in [1.807, 2.05) is 0 Å². The van der Waals surface area contributed by atoms with Crippen molar-refractivity contribution in [1.29, 1.82) is 0 Å². The van der Waals surface area contributed by atoms with E-state index in [1.54, 1.807) is 6.33 Å². The lowest BCUT2D eigenvalue weighted by Crippen LogP contribution is -2.36. The molecule has 4 heteroatoms. The van der Waals surface area contributed by atoms with Crippen LogP contribution in [-0.4, -0.2) is 47.7 Å². The van der Waals surface area contributed by atoms with E-state index in [0.29, 0.717) is 0 Å². The molecule has 1 aromatic heterocycles. The second-order valence-corrected chi connectivity index (χ2v) is 5.17. The molecule has 0 aliphatic carbocycles. The van der Waals surface area contributed by atoms with Crippen LogP contribution in [0.3, 0.4) is 0 Å². The summed E-state index contributed by atoms with van der Waals surface area (Å²) in [4.78, 5) is 9.91. The Morgan fingerprint density at radius 2 is 2.11 bits per heavy atom. The number of ether oxygens (including phenoxy) is 1. The lowest BCUT2D eigenvalue weighted by atomic mass is 10.1. The number of rotatable bonds is 5. The van der Waals surface area contributed by atoms with E-state index in [-0.39, 0.29) is 0 Å². The molecule has 0 radical (unpaired) electrons. The highest BCUT2D eigenvalue weighted by atomic mass is 16.5. The molecule has 0 amide bonds. The van der Waals surface area contributed by atoms with Gasteiger partial charge in [0.05, 0.1) is 30.6 Å². The van der Waals surface area contributed by atoms with E-state index in [1.165, 1.54) is 24.9 Å². The van der Waals surface area contributed by atoms with Gasteiger partial charge in [0.25, 0.3) is 0 Å². The fraction of sp³-hybridized carbons (Fsp3) is 0.533. The van der Waals surface area contributed by atoms with Crippen molar-refractivity contribution in [2.45, 2.75) is 19.3 Å². The number of nitrogens with zero attached hydrogens (tertiary/aromatic N) is 2. The minimum absolute atomic E-state index is 0.899. The number of aromatic amines is 1. The summed E-state index contributed by atoms with van der Waals surface area (Å²) in [6.45, 7) is 5.20. The van der Waals surface area contributed by atoms with Gasteiger partial charge in [0.15, 0.2) is 0 Å². The van der Waals surface area contributed by atoms with Crippen LogP contribution >= 0.6 is 0 Å². The molecule has 2 aromatic rings. The van der Waals surface area contributed by atoms with Gasteiger partial charge >= 0.3 is 0 Å². The molecule has 4 nitrogen and oxygen atoms in total. The SMILES string of the molecule is c1nc2ccc(CCCCN3CCOCC3)cc2[nH]1. The van der Waals surface area contributed by atoms with Crippen molar-refractivity contribution in [2.75, 3.05) is 32.8 Å². The summed E-state index contributed by atoms with van der Waals surface area (Å²) in [5, 5.41) is 0. The van der Waals surface area contributed by atoms with Gasteiger partial charge in [-0.05, 0) is 43.5 Å². The normalized spacial score (nSPS) is 17.1. The predicted molar refractivity (Wildman–Crippen MR) is 76.3 cm³/mol. The Morgan fingerprint density at radius 1 is 1.21 bits per heavy atom.